The molecule has 0 spiro atoms. The fraction of sp³-hybridized carbons (Fsp3) is 0.333. The molecule has 0 fully saturated rings. The van der Waals surface area contributed by atoms with E-state index in [9.17, 15) is 9.59 Å². The predicted octanol–water partition coefficient (Wildman–Crippen LogP) is 3.18. The minimum atomic E-state index is -0.320. The van der Waals surface area contributed by atoms with Crippen LogP contribution in [0, 0.1) is 13.8 Å². The maximum Gasteiger partial charge on any atom is 0.282 e. The van der Waals surface area contributed by atoms with Crippen molar-refractivity contribution in [3.8, 4) is 0 Å². The van der Waals surface area contributed by atoms with Crippen LogP contribution in [0.3, 0.4) is 0 Å². The molecule has 1 aliphatic rings. The van der Waals surface area contributed by atoms with Gasteiger partial charge in [0.15, 0.2) is 0 Å². The van der Waals surface area contributed by atoms with E-state index >= 15 is 0 Å². The molecule has 0 aromatic heterocycles. The van der Waals surface area contributed by atoms with Crippen molar-refractivity contribution in [1.82, 2.24) is 4.90 Å². The average Bonchev–Trinajstić information content (AvgIpc) is 3.01. The zero-order chi connectivity index (χ0) is 21.7. The quantitative estimate of drug-likeness (QED) is 0.597. The molecule has 0 saturated heterocycles. The molecule has 1 heterocycles. The number of imide groups is 1. The molecule has 0 bridgehead atoms. The molecule has 30 heavy (non-hydrogen) atoms. The van der Waals surface area contributed by atoms with Crippen LogP contribution >= 0.6 is 0 Å². The smallest absolute Gasteiger partial charge is 0.282 e. The fourth-order valence-corrected chi connectivity index (χ4v) is 3.61. The first-order valence-corrected chi connectivity index (χ1v) is 9.98. The first kappa shape index (κ1) is 21.7. The zero-order valence-corrected chi connectivity index (χ0v) is 18.0. The van der Waals surface area contributed by atoms with Gasteiger partial charge in [-0.2, -0.15) is 0 Å². The standard InChI is InChI=1S/C24H28N2O4/c1-17-9-8-12-20(18(17)2)26-23(27)21(19-10-6-5-7-11-19)22(24(26)28)25(13-15-29-3)14-16-30-4/h5-12H,13-16H2,1-4H3. The number of ether oxygens (including phenoxy) is 2. The second kappa shape index (κ2) is 9.69. The van der Waals surface area contributed by atoms with Crippen LogP contribution in [0.25, 0.3) is 5.57 Å². The molecule has 3 rings (SSSR count). The molecule has 0 N–H and O–H groups in total. The molecule has 0 saturated carbocycles. The number of amides is 2. The van der Waals surface area contributed by atoms with Crippen LogP contribution in [-0.4, -0.2) is 57.2 Å². The highest BCUT2D eigenvalue weighted by Crippen LogP contribution is 2.36. The van der Waals surface area contributed by atoms with Crippen LogP contribution < -0.4 is 4.90 Å². The van der Waals surface area contributed by atoms with Crippen molar-refractivity contribution in [3.63, 3.8) is 0 Å². The number of benzene rings is 2. The summed E-state index contributed by atoms with van der Waals surface area (Å²) in [5.41, 5.74) is 4.08. The third-order valence-corrected chi connectivity index (χ3v) is 5.39. The Labute approximate surface area is 177 Å². The van der Waals surface area contributed by atoms with Gasteiger partial charge in [-0.05, 0) is 36.6 Å². The lowest BCUT2D eigenvalue weighted by molar-refractivity contribution is -0.120. The van der Waals surface area contributed by atoms with Crippen LogP contribution in [0.4, 0.5) is 5.69 Å². The topological polar surface area (TPSA) is 59.1 Å². The van der Waals surface area contributed by atoms with E-state index in [0.29, 0.717) is 43.3 Å². The molecular formula is C24H28N2O4. The summed E-state index contributed by atoms with van der Waals surface area (Å²) >= 11 is 0. The van der Waals surface area contributed by atoms with E-state index in [4.69, 9.17) is 9.47 Å². The highest BCUT2D eigenvalue weighted by Gasteiger charge is 2.42. The summed E-state index contributed by atoms with van der Waals surface area (Å²) < 4.78 is 10.5. The number of hydrogen-bond donors (Lipinski definition) is 0. The minimum absolute atomic E-state index is 0.310. The molecule has 1 aliphatic heterocycles. The molecule has 0 aliphatic carbocycles. The molecule has 158 valence electrons. The summed E-state index contributed by atoms with van der Waals surface area (Å²) in [7, 11) is 3.23. The Morgan fingerprint density at radius 1 is 0.833 bits per heavy atom. The summed E-state index contributed by atoms with van der Waals surface area (Å²) in [6.45, 7) is 5.72. The van der Waals surface area contributed by atoms with Gasteiger partial charge in [0.05, 0.1) is 24.5 Å². The number of methoxy groups -OCH3 is 2. The highest BCUT2D eigenvalue weighted by molar-refractivity contribution is 6.45. The van der Waals surface area contributed by atoms with Gasteiger partial charge in [-0.1, -0.05) is 42.5 Å². The third kappa shape index (κ3) is 4.15. The van der Waals surface area contributed by atoms with Gasteiger partial charge in [-0.15, -0.1) is 0 Å². The van der Waals surface area contributed by atoms with E-state index in [2.05, 4.69) is 0 Å². The Kier molecular flexibility index (Phi) is 7.03. The Bertz CT molecular complexity index is 945. The summed E-state index contributed by atoms with van der Waals surface area (Å²) in [6.07, 6.45) is 0. The Morgan fingerprint density at radius 2 is 1.47 bits per heavy atom. The number of rotatable bonds is 9. The number of carbonyl (C=O) groups is 2. The Balaban J connectivity index is 2.14. The molecule has 0 unspecified atom stereocenters. The normalized spacial score (nSPS) is 14.1. The van der Waals surface area contributed by atoms with Crippen molar-refractivity contribution in [2.45, 2.75) is 13.8 Å². The zero-order valence-electron chi connectivity index (χ0n) is 18.0. The van der Waals surface area contributed by atoms with Crippen molar-refractivity contribution < 1.29 is 19.1 Å². The Morgan fingerprint density at radius 3 is 2.07 bits per heavy atom. The summed E-state index contributed by atoms with van der Waals surface area (Å²) in [5, 5.41) is 0. The van der Waals surface area contributed by atoms with Gasteiger partial charge >= 0.3 is 0 Å². The van der Waals surface area contributed by atoms with Crippen molar-refractivity contribution in [3.05, 3.63) is 70.9 Å². The van der Waals surface area contributed by atoms with Gasteiger partial charge in [-0.3, -0.25) is 9.59 Å². The second-order valence-corrected chi connectivity index (χ2v) is 7.23. The molecule has 0 radical (unpaired) electrons. The van der Waals surface area contributed by atoms with Crippen molar-refractivity contribution in [2.75, 3.05) is 45.4 Å². The van der Waals surface area contributed by atoms with E-state index in [1.54, 1.807) is 14.2 Å². The maximum absolute atomic E-state index is 13.7. The molecule has 6 heteroatoms. The van der Waals surface area contributed by atoms with Crippen LogP contribution in [0.1, 0.15) is 16.7 Å². The van der Waals surface area contributed by atoms with Crippen LogP contribution in [0.2, 0.25) is 0 Å². The monoisotopic (exact) mass is 408 g/mol. The van der Waals surface area contributed by atoms with Crippen LogP contribution in [0.5, 0.6) is 0 Å². The molecule has 6 nitrogen and oxygen atoms in total. The first-order chi connectivity index (χ1) is 14.5. The minimum Gasteiger partial charge on any atom is -0.383 e. The van der Waals surface area contributed by atoms with Crippen molar-refractivity contribution in [2.24, 2.45) is 0 Å². The van der Waals surface area contributed by atoms with E-state index in [1.807, 2.05) is 67.3 Å². The third-order valence-electron chi connectivity index (χ3n) is 5.39. The lowest BCUT2D eigenvalue weighted by atomic mass is 10.0. The molecule has 2 aromatic carbocycles. The maximum atomic E-state index is 13.7. The van der Waals surface area contributed by atoms with Gasteiger partial charge in [-0.25, -0.2) is 4.90 Å². The van der Waals surface area contributed by atoms with Gasteiger partial charge < -0.3 is 14.4 Å². The van der Waals surface area contributed by atoms with Crippen molar-refractivity contribution in [1.29, 1.82) is 0 Å². The lowest BCUT2D eigenvalue weighted by Crippen LogP contribution is -2.38. The predicted molar refractivity (Wildman–Crippen MR) is 117 cm³/mol. The fourth-order valence-electron chi connectivity index (χ4n) is 3.61. The SMILES string of the molecule is COCCN(CCOC)C1=C(c2ccccc2)C(=O)N(c2cccc(C)c2C)C1=O. The van der Waals surface area contributed by atoms with Gasteiger partial charge in [0.2, 0.25) is 0 Å². The molecule has 2 amide bonds. The summed E-state index contributed by atoms with van der Waals surface area (Å²) in [4.78, 5) is 30.4. The average molecular weight is 408 g/mol. The highest BCUT2D eigenvalue weighted by atomic mass is 16.5. The molecule has 2 aromatic rings. The van der Waals surface area contributed by atoms with E-state index in [0.717, 1.165) is 16.7 Å². The molecular weight excluding hydrogens is 380 g/mol. The first-order valence-electron chi connectivity index (χ1n) is 9.98. The Hall–Kier alpha value is -2.96. The number of nitrogens with zero attached hydrogens (tertiary/aromatic N) is 2. The summed E-state index contributed by atoms with van der Waals surface area (Å²) in [6, 6.07) is 15.0. The largest absolute Gasteiger partial charge is 0.383 e. The van der Waals surface area contributed by atoms with E-state index < -0.39 is 0 Å². The second-order valence-electron chi connectivity index (χ2n) is 7.23. The van der Waals surface area contributed by atoms with E-state index in [-0.39, 0.29) is 11.8 Å². The summed E-state index contributed by atoms with van der Waals surface area (Å²) in [5.74, 6) is -0.630. The lowest BCUT2D eigenvalue weighted by Gasteiger charge is -2.26. The van der Waals surface area contributed by atoms with Gasteiger partial charge in [0.25, 0.3) is 11.8 Å². The van der Waals surface area contributed by atoms with Crippen LogP contribution in [0.15, 0.2) is 54.2 Å². The van der Waals surface area contributed by atoms with Crippen molar-refractivity contribution >= 4 is 23.1 Å². The van der Waals surface area contributed by atoms with Gasteiger partial charge in [0.1, 0.15) is 5.70 Å². The molecule has 0 atom stereocenters. The van der Waals surface area contributed by atoms with E-state index in [1.165, 1.54) is 4.90 Å². The number of hydrogen-bond acceptors (Lipinski definition) is 5. The van der Waals surface area contributed by atoms with Crippen LogP contribution in [-0.2, 0) is 19.1 Å². The number of aryl methyl sites for hydroxylation is 1. The number of carbonyl (C=O) groups excluding carboxylic acids is 2. The number of anilines is 1. The van der Waals surface area contributed by atoms with Gasteiger partial charge in [0, 0.05) is 27.3 Å².